The quantitative estimate of drug-likeness (QED) is 0.0591. The molecule has 11 N–H and O–H groups in total. The van der Waals surface area contributed by atoms with Crippen LogP contribution in [0.3, 0.4) is 0 Å². The van der Waals surface area contributed by atoms with Gasteiger partial charge in [-0.3, -0.25) is 43.2 Å². The average Bonchev–Trinajstić information content (AvgIpc) is 3.76. The summed E-state index contributed by atoms with van der Waals surface area (Å²) < 4.78 is 0. The number of hydrogen-bond donors (Lipinski definition) is 9. The van der Waals surface area contributed by atoms with E-state index in [9.17, 15) is 63.3 Å². The van der Waals surface area contributed by atoms with Crippen molar-refractivity contribution < 1.29 is 63.3 Å². The first-order chi connectivity index (χ1) is 25.1. The highest BCUT2D eigenvalue weighted by molar-refractivity contribution is 5.99. The van der Waals surface area contributed by atoms with E-state index in [1.54, 1.807) is 27.7 Å². The van der Waals surface area contributed by atoms with Crippen LogP contribution in [-0.2, 0) is 47.9 Å². The first kappa shape index (κ1) is 44.8. The van der Waals surface area contributed by atoms with Crippen molar-refractivity contribution in [3.05, 3.63) is 0 Å². The lowest BCUT2D eigenvalue weighted by Gasteiger charge is -2.30. The number of likely N-dealkylation sites (tertiary alicyclic amines) is 2. The van der Waals surface area contributed by atoms with Gasteiger partial charge in [-0.25, -0.2) is 4.79 Å². The summed E-state index contributed by atoms with van der Waals surface area (Å²) in [6, 6.07) is -9.93. The minimum Gasteiger partial charge on any atom is -0.481 e. The monoisotopic (exact) mass is 768 g/mol. The average molecular weight is 769 g/mol. The van der Waals surface area contributed by atoms with E-state index in [0.29, 0.717) is 6.42 Å². The van der Waals surface area contributed by atoms with E-state index >= 15 is 0 Å². The fourth-order valence-electron chi connectivity index (χ4n) is 6.24. The molecule has 7 atom stereocenters. The predicted molar refractivity (Wildman–Crippen MR) is 185 cm³/mol. The third-order valence-corrected chi connectivity index (χ3v) is 9.05. The third-order valence-electron chi connectivity index (χ3n) is 9.05. The summed E-state index contributed by atoms with van der Waals surface area (Å²) in [6.07, 6.45) is -1.71. The first-order valence-corrected chi connectivity index (χ1v) is 17.7. The van der Waals surface area contributed by atoms with Crippen LogP contribution in [-0.4, -0.2) is 140 Å². The topological polar surface area (TPSA) is 338 Å². The van der Waals surface area contributed by atoms with Crippen LogP contribution in [0, 0.1) is 11.8 Å². The Labute approximate surface area is 311 Å². The number of rotatable bonds is 20. The number of carboxylic acids is 3. The van der Waals surface area contributed by atoms with Crippen LogP contribution >= 0.6 is 0 Å². The molecule has 2 saturated heterocycles. The molecule has 0 spiro atoms. The van der Waals surface area contributed by atoms with Gasteiger partial charge in [0.05, 0.1) is 25.3 Å². The number of primary amides is 1. The normalized spacial score (nSPS) is 19.6. The van der Waals surface area contributed by atoms with E-state index in [1.807, 2.05) is 0 Å². The Bertz CT molecular complexity index is 1470. The fourth-order valence-corrected chi connectivity index (χ4v) is 6.24. The van der Waals surface area contributed by atoms with Gasteiger partial charge in [0.25, 0.3) is 0 Å². The molecule has 21 nitrogen and oxygen atoms in total. The molecule has 7 amide bonds. The molecule has 0 saturated carbocycles. The van der Waals surface area contributed by atoms with E-state index in [-0.39, 0.29) is 50.6 Å². The van der Waals surface area contributed by atoms with Crippen LogP contribution in [0.15, 0.2) is 0 Å². The summed E-state index contributed by atoms with van der Waals surface area (Å²) in [4.78, 5) is 129. The number of carbonyl (C=O) groups excluding carboxylic acids is 7. The Kier molecular flexibility index (Phi) is 16.8. The van der Waals surface area contributed by atoms with Crippen molar-refractivity contribution >= 4 is 59.3 Å². The van der Waals surface area contributed by atoms with Crippen LogP contribution in [0.4, 0.5) is 0 Å². The fraction of sp³-hybridized carbons (Fsp3) is 0.697. The van der Waals surface area contributed by atoms with Gasteiger partial charge in [-0.1, -0.05) is 27.7 Å². The molecule has 0 aromatic carbocycles. The van der Waals surface area contributed by atoms with Crippen LogP contribution in [0.2, 0.25) is 0 Å². The summed E-state index contributed by atoms with van der Waals surface area (Å²) >= 11 is 0. The lowest BCUT2D eigenvalue weighted by atomic mass is 10.0. The molecule has 302 valence electrons. The van der Waals surface area contributed by atoms with Crippen molar-refractivity contribution in [3.63, 3.8) is 0 Å². The summed E-state index contributed by atoms with van der Waals surface area (Å²) in [5, 5.41) is 37.8. The van der Waals surface area contributed by atoms with E-state index in [4.69, 9.17) is 11.5 Å². The Morgan fingerprint density at radius 2 is 1.07 bits per heavy atom. The maximum atomic E-state index is 13.6. The van der Waals surface area contributed by atoms with Gasteiger partial charge >= 0.3 is 17.9 Å². The van der Waals surface area contributed by atoms with Crippen molar-refractivity contribution in [2.24, 2.45) is 23.3 Å². The number of nitrogens with zero attached hydrogens (tertiary/aromatic N) is 2. The van der Waals surface area contributed by atoms with Gasteiger partial charge in [0.1, 0.15) is 36.3 Å². The lowest BCUT2D eigenvalue weighted by molar-refractivity contribution is -0.150. The highest BCUT2D eigenvalue weighted by Gasteiger charge is 2.42. The van der Waals surface area contributed by atoms with Gasteiger partial charge in [0, 0.05) is 13.1 Å². The molecule has 2 aliphatic rings. The highest BCUT2D eigenvalue weighted by Crippen LogP contribution is 2.21. The van der Waals surface area contributed by atoms with Crippen molar-refractivity contribution in [1.82, 2.24) is 31.1 Å². The maximum absolute atomic E-state index is 13.6. The van der Waals surface area contributed by atoms with Gasteiger partial charge in [-0.2, -0.15) is 0 Å². The molecule has 21 heteroatoms. The molecule has 2 aliphatic heterocycles. The van der Waals surface area contributed by atoms with Gasteiger partial charge < -0.3 is 57.9 Å². The van der Waals surface area contributed by atoms with Gasteiger partial charge in [0.15, 0.2) is 0 Å². The molecule has 0 unspecified atom stereocenters. The second kappa shape index (κ2) is 20.2. The Hall–Kier alpha value is -5.34. The number of aliphatic carboxylic acids is 3. The van der Waals surface area contributed by atoms with Crippen molar-refractivity contribution in [2.75, 3.05) is 13.1 Å². The number of nitrogens with two attached hydrogens (primary N) is 2. The smallest absolute Gasteiger partial charge is 0.326 e. The molecule has 2 heterocycles. The second-order valence-corrected chi connectivity index (χ2v) is 14.2. The molecule has 0 aromatic heterocycles. The van der Waals surface area contributed by atoms with Gasteiger partial charge in [0.2, 0.25) is 41.4 Å². The van der Waals surface area contributed by atoms with E-state index < -0.39 is 121 Å². The van der Waals surface area contributed by atoms with Crippen molar-refractivity contribution in [3.8, 4) is 0 Å². The molecule has 54 heavy (non-hydrogen) atoms. The number of carbonyl (C=O) groups is 10. The van der Waals surface area contributed by atoms with Crippen LogP contribution < -0.4 is 32.7 Å². The minimum atomic E-state index is -1.69. The molecule has 2 rings (SSSR count). The van der Waals surface area contributed by atoms with E-state index in [2.05, 4.69) is 21.3 Å². The number of carboxylic acid groups (broad SMARTS) is 3. The summed E-state index contributed by atoms with van der Waals surface area (Å²) in [5.74, 6) is -11.4. The molecular formula is C33H52N8O13. The summed E-state index contributed by atoms with van der Waals surface area (Å²) in [6.45, 7) is 6.70. The zero-order valence-electron chi connectivity index (χ0n) is 30.7. The Morgan fingerprint density at radius 3 is 1.52 bits per heavy atom. The molecule has 0 aromatic rings. The van der Waals surface area contributed by atoms with Crippen LogP contribution in [0.1, 0.15) is 79.1 Å². The summed E-state index contributed by atoms with van der Waals surface area (Å²) in [5.41, 5.74) is 11.2. The molecular weight excluding hydrogens is 716 g/mol. The largest absolute Gasteiger partial charge is 0.481 e. The zero-order chi connectivity index (χ0) is 41.0. The Balaban J connectivity index is 2.29. The molecule has 2 fully saturated rings. The third kappa shape index (κ3) is 13.0. The molecule has 0 bridgehead atoms. The Morgan fingerprint density at radius 1 is 0.630 bits per heavy atom. The standard InChI is InChI=1S/C33H52N8O13/c1-15(2)11-17(27(47)38-19(13-24(43)44)32(52)41-10-6-8-22(41)33(53)54)36-28(48)18(12-23(34)42)37-29(49)21-7-5-9-40(21)31(51)20(14-25(45)46)39-30(50)26(35)16(3)4/h15-22,26H,5-14,35H2,1-4H3,(H2,34,42)(H,36,48)(H,37,49)(H,38,47)(H,39,50)(H,43,44)(H,45,46)(H,53,54)/t17-,18-,19-,20-,21-,22-,26-/m0/s1. The van der Waals surface area contributed by atoms with E-state index in [0.717, 1.165) is 9.80 Å². The summed E-state index contributed by atoms with van der Waals surface area (Å²) in [7, 11) is 0. The van der Waals surface area contributed by atoms with E-state index in [1.165, 1.54) is 0 Å². The van der Waals surface area contributed by atoms with Gasteiger partial charge in [-0.15, -0.1) is 0 Å². The predicted octanol–water partition coefficient (Wildman–Crippen LogP) is -3.15. The zero-order valence-corrected chi connectivity index (χ0v) is 30.7. The highest BCUT2D eigenvalue weighted by atomic mass is 16.4. The number of amides is 7. The first-order valence-electron chi connectivity index (χ1n) is 17.7. The van der Waals surface area contributed by atoms with Crippen LogP contribution in [0.5, 0.6) is 0 Å². The van der Waals surface area contributed by atoms with Gasteiger partial charge in [-0.05, 0) is 43.9 Å². The maximum Gasteiger partial charge on any atom is 0.326 e. The van der Waals surface area contributed by atoms with Crippen molar-refractivity contribution in [2.45, 2.75) is 121 Å². The minimum absolute atomic E-state index is 0.0106. The van der Waals surface area contributed by atoms with Crippen LogP contribution in [0.25, 0.3) is 0 Å². The SMILES string of the molecule is CC(C)C[C@H](NC(=O)[C@H](CC(N)=O)NC(=O)[C@@H]1CCCN1C(=O)[C@H](CC(=O)O)NC(=O)[C@@H](N)C(C)C)C(=O)N[C@@H](CC(=O)O)C(=O)N1CCC[C@H]1C(=O)O. The number of hydrogen-bond acceptors (Lipinski definition) is 11. The second-order valence-electron chi connectivity index (χ2n) is 14.2. The molecule has 0 radical (unpaired) electrons. The molecule has 0 aliphatic carbocycles. The lowest BCUT2D eigenvalue weighted by Crippen LogP contribution is -2.60. The van der Waals surface area contributed by atoms with Crippen molar-refractivity contribution in [1.29, 1.82) is 0 Å². The number of nitrogens with one attached hydrogen (secondary N) is 4.